The topological polar surface area (TPSA) is 115 Å². The molecule has 0 aliphatic carbocycles. The molecule has 41 heavy (non-hydrogen) atoms. The van der Waals surface area contributed by atoms with Crippen LogP contribution in [0.5, 0.6) is 5.75 Å². The van der Waals surface area contributed by atoms with Crippen molar-refractivity contribution in [3.05, 3.63) is 96.5 Å². The van der Waals surface area contributed by atoms with Gasteiger partial charge in [-0.05, 0) is 60.5 Å². The van der Waals surface area contributed by atoms with Crippen molar-refractivity contribution in [2.24, 2.45) is 0 Å². The Morgan fingerprint density at radius 1 is 1.07 bits per heavy atom. The fourth-order valence-corrected chi connectivity index (χ4v) is 5.92. The molecule has 3 heterocycles. The van der Waals surface area contributed by atoms with E-state index in [1.807, 2.05) is 49.4 Å². The van der Waals surface area contributed by atoms with Gasteiger partial charge in [-0.15, -0.1) is 0 Å². The van der Waals surface area contributed by atoms with Gasteiger partial charge in [-0.1, -0.05) is 19.1 Å². The van der Waals surface area contributed by atoms with Gasteiger partial charge in [-0.2, -0.15) is 0 Å². The standard InChI is InChI=1S/C30H32FN5O4S/c1-2-14-41(37,38)15-12-32-20-30(11-4-13-40-30)28-17-26-27(18-33-28)34-21-35-29(26)36-24-7-9-25(10-8-24)39-19-22-5-3-6-23(31)16-22/h3-10,13,16-18,21,32H,2,11-12,14-15,19-20H2,1H3,(H,34,35,36). The van der Waals surface area contributed by atoms with Crippen LogP contribution in [0.2, 0.25) is 0 Å². The summed E-state index contributed by atoms with van der Waals surface area (Å²) >= 11 is 0. The Hall–Kier alpha value is -4.09. The number of aromatic nitrogens is 3. The van der Waals surface area contributed by atoms with Crippen molar-refractivity contribution in [2.75, 3.05) is 29.9 Å². The molecule has 0 saturated carbocycles. The maximum Gasteiger partial charge on any atom is 0.166 e. The molecule has 214 valence electrons. The Morgan fingerprint density at radius 3 is 2.68 bits per heavy atom. The van der Waals surface area contributed by atoms with Crippen molar-refractivity contribution >= 4 is 32.2 Å². The van der Waals surface area contributed by atoms with Gasteiger partial charge in [0.05, 0.1) is 29.4 Å². The second-order valence-electron chi connectivity index (χ2n) is 9.89. The number of hydrogen-bond donors (Lipinski definition) is 2. The molecule has 1 aliphatic heterocycles. The number of benzene rings is 2. The van der Waals surface area contributed by atoms with Gasteiger partial charge < -0.3 is 20.1 Å². The summed E-state index contributed by atoms with van der Waals surface area (Å²) < 4.78 is 49.4. The Labute approximate surface area is 238 Å². The van der Waals surface area contributed by atoms with Crippen LogP contribution in [0, 0.1) is 5.82 Å². The Morgan fingerprint density at radius 2 is 1.93 bits per heavy atom. The van der Waals surface area contributed by atoms with Crippen LogP contribution in [0.25, 0.3) is 10.9 Å². The number of nitrogens with one attached hydrogen (secondary N) is 2. The molecule has 0 spiro atoms. The molecule has 4 aromatic rings. The summed E-state index contributed by atoms with van der Waals surface area (Å²) in [6.07, 6.45) is 7.95. The molecule has 2 aromatic carbocycles. The lowest BCUT2D eigenvalue weighted by Crippen LogP contribution is -2.40. The number of nitrogens with zero attached hydrogens (tertiary/aromatic N) is 3. The molecule has 0 amide bonds. The summed E-state index contributed by atoms with van der Waals surface area (Å²) in [5.41, 5.74) is 2.14. The van der Waals surface area contributed by atoms with E-state index in [1.54, 1.807) is 18.5 Å². The highest BCUT2D eigenvalue weighted by Crippen LogP contribution is 2.35. The second-order valence-corrected chi connectivity index (χ2v) is 12.2. The normalized spacial score (nSPS) is 16.5. The third-order valence-electron chi connectivity index (χ3n) is 6.75. The zero-order valence-corrected chi connectivity index (χ0v) is 23.5. The van der Waals surface area contributed by atoms with Crippen molar-refractivity contribution in [2.45, 2.75) is 32.0 Å². The SMILES string of the molecule is CCCS(=O)(=O)CCNCC1(c2cc3c(Nc4ccc(OCc5cccc(F)c5)cc4)ncnc3cn2)CC=CO1. The van der Waals surface area contributed by atoms with Gasteiger partial charge in [0.2, 0.25) is 0 Å². The lowest BCUT2D eigenvalue weighted by Gasteiger charge is -2.29. The van der Waals surface area contributed by atoms with Crippen LogP contribution in [-0.2, 0) is 26.8 Å². The van der Waals surface area contributed by atoms with Crippen molar-refractivity contribution in [1.29, 1.82) is 0 Å². The number of hydrogen-bond acceptors (Lipinski definition) is 9. The minimum absolute atomic E-state index is 0.0754. The summed E-state index contributed by atoms with van der Waals surface area (Å²) in [5, 5.41) is 7.36. The molecule has 0 bridgehead atoms. The fourth-order valence-electron chi connectivity index (χ4n) is 4.64. The van der Waals surface area contributed by atoms with Crippen molar-refractivity contribution < 1.29 is 22.3 Å². The summed E-state index contributed by atoms with van der Waals surface area (Å²) in [6, 6.07) is 15.6. The van der Waals surface area contributed by atoms with E-state index in [2.05, 4.69) is 25.6 Å². The highest BCUT2D eigenvalue weighted by atomic mass is 32.2. The van der Waals surface area contributed by atoms with Gasteiger partial charge in [0.15, 0.2) is 15.4 Å². The zero-order chi connectivity index (χ0) is 28.7. The molecule has 1 aliphatic rings. The lowest BCUT2D eigenvalue weighted by molar-refractivity contribution is 0.0378. The monoisotopic (exact) mass is 577 g/mol. The zero-order valence-electron chi connectivity index (χ0n) is 22.7. The molecular formula is C30H32FN5O4S. The van der Waals surface area contributed by atoms with Gasteiger partial charge in [0.25, 0.3) is 0 Å². The van der Waals surface area contributed by atoms with E-state index in [0.717, 1.165) is 16.6 Å². The molecule has 5 rings (SSSR count). The largest absolute Gasteiger partial charge is 0.489 e. The highest BCUT2D eigenvalue weighted by molar-refractivity contribution is 7.91. The minimum atomic E-state index is -3.08. The maximum absolute atomic E-state index is 13.4. The third-order valence-corrected chi connectivity index (χ3v) is 8.61. The van der Waals surface area contributed by atoms with E-state index < -0.39 is 15.4 Å². The number of halogens is 1. The van der Waals surface area contributed by atoms with Crippen LogP contribution in [0.15, 0.2) is 79.5 Å². The van der Waals surface area contributed by atoms with Gasteiger partial charge in [-0.3, -0.25) is 4.98 Å². The van der Waals surface area contributed by atoms with Gasteiger partial charge in [0, 0.05) is 36.3 Å². The summed E-state index contributed by atoms with van der Waals surface area (Å²) in [6.45, 7) is 2.85. The van der Waals surface area contributed by atoms with Gasteiger partial charge >= 0.3 is 0 Å². The van der Waals surface area contributed by atoms with E-state index >= 15 is 0 Å². The van der Waals surface area contributed by atoms with E-state index in [4.69, 9.17) is 9.47 Å². The number of ether oxygens (including phenoxy) is 2. The third kappa shape index (κ3) is 7.17. The molecule has 2 aromatic heterocycles. The average molecular weight is 578 g/mol. The highest BCUT2D eigenvalue weighted by Gasteiger charge is 2.37. The number of fused-ring (bicyclic) bond motifs is 1. The Balaban J connectivity index is 1.29. The Bertz CT molecular complexity index is 1620. The second kappa shape index (κ2) is 12.6. The first-order valence-electron chi connectivity index (χ1n) is 13.5. The van der Waals surface area contributed by atoms with E-state index in [9.17, 15) is 12.8 Å². The Kier molecular flexibility index (Phi) is 8.75. The average Bonchev–Trinajstić information content (AvgIpc) is 3.45. The van der Waals surface area contributed by atoms with Crippen LogP contribution in [0.1, 0.15) is 31.0 Å². The van der Waals surface area contributed by atoms with Gasteiger partial charge in [0.1, 0.15) is 30.3 Å². The first-order chi connectivity index (χ1) is 19.9. The maximum atomic E-state index is 13.4. The van der Waals surface area contributed by atoms with E-state index in [-0.39, 0.29) is 23.9 Å². The lowest BCUT2D eigenvalue weighted by atomic mass is 9.94. The molecule has 0 saturated heterocycles. The van der Waals surface area contributed by atoms with Crippen molar-refractivity contribution in [1.82, 2.24) is 20.3 Å². The predicted octanol–water partition coefficient (Wildman–Crippen LogP) is 5.03. The first-order valence-corrected chi connectivity index (χ1v) is 15.3. The molecule has 0 fully saturated rings. The molecule has 1 unspecified atom stereocenters. The fraction of sp³-hybridized carbons (Fsp3) is 0.300. The smallest absolute Gasteiger partial charge is 0.166 e. The summed E-state index contributed by atoms with van der Waals surface area (Å²) in [5.74, 6) is 1.22. The first kappa shape index (κ1) is 28.4. The number of pyridine rings is 1. The molecule has 1 atom stereocenters. The van der Waals surface area contributed by atoms with E-state index in [1.165, 1.54) is 18.5 Å². The van der Waals surface area contributed by atoms with Crippen LogP contribution in [0.3, 0.4) is 0 Å². The summed E-state index contributed by atoms with van der Waals surface area (Å²) in [7, 11) is -3.08. The molecule has 0 radical (unpaired) electrons. The number of sulfone groups is 1. The van der Waals surface area contributed by atoms with E-state index in [0.29, 0.717) is 48.7 Å². The molecule has 11 heteroatoms. The van der Waals surface area contributed by atoms with Gasteiger partial charge in [-0.25, -0.2) is 22.8 Å². The van der Waals surface area contributed by atoms with Crippen molar-refractivity contribution in [3.63, 3.8) is 0 Å². The summed E-state index contributed by atoms with van der Waals surface area (Å²) in [4.78, 5) is 13.5. The molecule has 2 N–H and O–H groups in total. The number of anilines is 2. The van der Waals surface area contributed by atoms with Crippen LogP contribution in [0.4, 0.5) is 15.9 Å². The predicted molar refractivity (Wildman–Crippen MR) is 156 cm³/mol. The minimum Gasteiger partial charge on any atom is -0.489 e. The van der Waals surface area contributed by atoms with Crippen LogP contribution < -0.4 is 15.4 Å². The molecule has 9 nitrogen and oxygen atoms in total. The van der Waals surface area contributed by atoms with Crippen LogP contribution in [-0.4, -0.2) is 48.0 Å². The molecular weight excluding hydrogens is 545 g/mol. The van der Waals surface area contributed by atoms with Crippen molar-refractivity contribution in [3.8, 4) is 5.75 Å². The van der Waals surface area contributed by atoms with Crippen LogP contribution >= 0.6 is 0 Å². The quantitative estimate of drug-likeness (QED) is 0.211. The number of rotatable bonds is 13.